The van der Waals surface area contributed by atoms with E-state index in [0.717, 1.165) is 12.0 Å². The van der Waals surface area contributed by atoms with Gasteiger partial charge in [-0.25, -0.2) is 4.98 Å². The molecule has 124 valence electrons. The number of hydrogen-bond donors (Lipinski definition) is 1. The number of piperidine rings is 1. The molecule has 6 heteroatoms. The lowest BCUT2D eigenvalue weighted by Crippen LogP contribution is -2.47. The second-order valence-corrected chi connectivity index (χ2v) is 6.56. The second kappa shape index (κ2) is 5.78. The molecule has 2 atom stereocenters. The summed E-state index contributed by atoms with van der Waals surface area (Å²) in [6.45, 7) is 1.33. The number of benzene rings is 1. The molecular weight excluding hydrogens is 304 g/mol. The number of nitrogens with one attached hydrogen (secondary N) is 1. The number of aromatic amines is 1. The summed E-state index contributed by atoms with van der Waals surface area (Å²) in [6, 6.07) is 7.82. The molecule has 0 unspecified atom stereocenters. The number of fused-ring (bicyclic) bond motifs is 1. The van der Waals surface area contributed by atoms with E-state index in [1.165, 1.54) is 0 Å². The predicted octanol–water partition coefficient (Wildman–Crippen LogP) is 1.77. The molecule has 2 fully saturated rings. The minimum atomic E-state index is 0.0162. The van der Waals surface area contributed by atoms with Gasteiger partial charge in [-0.15, -0.1) is 0 Å². The second-order valence-electron chi connectivity index (χ2n) is 6.56. The summed E-state index contributed by atoms with van der Waals surface area (Å²) in [5.74, 6) is 1.15. The maximum atomic E-state index is 13.1. The van der Waals surface area contributed by atoms with Crippen molar-refractivity contribution >= 4 is 11.8 Å². The summed E-state index contributed by atoms with van der Waals surface area (Å²) in [5, 5.41) is 0. The lowest BCUT2D eigenvalue weighted by Gasteiger charge is -2.36. The molecule has 2 amide bonds. The Hall–Kier alpha value is -2.63. The Kier molecular flexibility index (Phi) is 3.59. The molecule has 0 aliphatic carbocycles. The highest BCUT2D eigenvalue weighted by atomic mass is 16.2. The quantitative estimate of drug-likeness (QED) is 0.915. The van der Waals surface area contributed by atoms with Crippen molar-refractivity contribution in [1.29, 1.82) is 0 Å². The van der Waals surface area contributed by atoms with Gasteiger partial charge in [0.25, 0.3) is 5.91 Å². The van der Waals surface area contributed by atoms with Crippen LogP contribution in [0.15, 0.2) is 36.7 Å². The summed E-state index contributed by atoms with van der Waals surface area (Å²) in [4.78, 5) is 36.0. The van der Waals surface area contributed by atoms with Crippen LogP contribution in [0.5, 0.6) is 0 Å². The van der Waals surface area contributed by atoms with E-state index in [1.54, 1.807) is 12.4 Å². The SMILES string of the molecule is CN1C(=O)C[C@@H]2CN(C(=O)c3ccccc3-c3ncc[nH]3)CC[C@@H]21. The first kappa shape index (κ1) is 14.9. The number of likely N-dealkylation sites (tertiary alicyclic amines) is 2. The summed E-state index contributed by atoms with van der Waals surface area (Å²) < 4.78 is 0. The van der Waals surface area contributed by atoms with E-state index >= 15 is 0 Å². The van der Waals surface area contributed by atoms with Crippen LogP contribution in [0, 0.1) is 5.92 Å². The highest BCUT2D eigenvalue weighted by Gasteiger charge is 2.42. The van der Waals surface area contributed by atoms with Crippen molar-refractivity contribution < 1.29 is 9.59 Å². The zero-order valence-corrected chi connectivity index (χ0v) is 13.6. The van der Waals surface area contributed by atoms with E-state index in [4.69, 9.17) is 0 Å². The Morgan fingerprint density at radius 2 is 2.17 bits per heavy atom. The Morgan fingerprint density at radius 1 is 1.33 bits per heavy atom. The van der Waals surface area contributed by atoms with E-state index in [1.807, 2.05) is 41.1 Å². The standard InChI is InChI=1S/C18H20N4O2/c1-21-15-6-9-22(11-12(15)10-16(21)23)18(24)14-5-3-2-4-13(14)17-19-7-8-20-17/h2-5,7-8,12,15H,6,9-11H2,1H3,(H,19,20)/t12-,15+/m1/s1. The van der Waals surface area contributed by atoms with Crippen LogP contribution in [0.3, 0.4) is 0 Å². The number of rotatable bonds is 2. The fourth-order valence-electron chi connectivity index (χ4n) is 3.93. The van der Waals surface area contributed by atoms with Crippen LogP contribution < -0.4 is 0 Å². The maximum Gasteiger partial charge on any atom is 0.254 e. The summed E-state index contributed by atoms with van der Waals surface area (Å²) in [5.41, 5.74) is 1.47. The fraction of sp³-hybridized carbons (Fsp3) is 0.389. The smallest absolute Gasteiger partial charge is 0.254 e. The molecule has 6 nitrogen and oxygen atoms in total. The lowest BCUT2D eigenvalue weighted by atomic mass is 9.92. The molecule has 1 aromatic heterocycles. The van der Waals surface area contributed by atoms with Crippen LogP contribution in [0.4, 0.5) is 0 Å². The van der Waals surface area contributed by atoms with Crippen molar-refractivity contribution in [1.82, 2.24) is 19.8 Å². The van der Waals surface area contributed by atoms with Gasteiger partial charge < -0.3 is 14.8 Å². The van der Waals surface area contributed by atoms with Crippen LogP contribution in [0.25, 0.3) is 11.4 Å². The molecule has 1 aromatic carbocycles. The first-order chi connectivity index (χ1) is 11.6. The Morgan fingerprint density at radius 3 is 2.96 bits per heavy atom. The van der Waals surface area contributed by atoms with Gasteiger partial charge in [0, 0.05) is 56.5 Å². The minimum absolute atomic E-state index is 0.0162. The van der Waals surface area contributed by atoms with E-state index in [9.17, 15) is 9.59 Å². The van der Waals surface area contributed by atoms with Gasteiger partial charge in [-0.05, 0) is 12.5 Å². The first-order valence-corrected chi connectivity index (χ1v) is 8.29. The van der Waals surface area contributed by atoms with Crippen molar-refractivity contribution in [3.05, 3.63) is 42.2 Å². The molecule has 3 heterocycles. The number of hydrogen-bond acceptors (Lipinski definition) is 3. The molecule has 2 aliphatic rings. The lowest BCUT2D eigenvalue weighted by molar-refractivity contribution is -0.127. The highest BCUT2D eigenvalue weighted by Crippen LogP contribution is 2.32. The number of carbonyl (C=O) groups excluding carboxylic acids is 2. The molecule has 2 saturated heterocycles. The summed E-state index contributed by atoms with van der Waals surface area (Å²) in [7, 11) is 1.87. The Bertz CT molecular complexity index is 771. The van der Waals surface area contributed by atoms with Crippen molar-refractivity contribution in [3.63, 3.8) is 0 Å². The number of amides is 2. The molecule has 1 N–H and O–H groups in total. The van der Waals surface area contributed by atoms with Crippen LogP contribution >= 0.6 is 0 Å². The monoisotopic (exact) mass is 324 g/mol. The zero-order chi connectivity index (χ0) is 16.7. The Balaban J connectivity index is 1.59. The fourth-order valence-corrected chi connectivity index (χ4v) is 3.93. The zero-order valence-electron chi connectivity index (χ0n) is 13.6. The van der Waals surface area contributed by atoms with Gasteiger partial charge in [0.15, 0.2) is 0 Å². The minimum Gasteiger partial charge on any atom is -0.345 e. The van der Waals surface area contributed by atoms with E-state index < -0.39 is 0 Å². The summed E-state index contributed by atoms with van der Waals surface area (Å²) in [6.07, 6.45) is 4.83. The number of imidazole rings is 1. The van der Waals surface area contributed by atoms with Gasteiger partial charge in [-0.1, -0.05) is 18.2 Å². The molecular formula is C18H20N4O2. The average Bonchev–Trinajstić information content (AvgIpc) is 3.23. The van der Waals surface area contributed by atoms with Crippen LogP contribution in [-0.2, 0) is 4.79 Å². The third-order valence-electron chi connectivity index (χ3n) is 5.22. The number of aromatic nitrogens is 2. The first-order valence-electron chi connectivity index (χ1n) is 8.29. The van der Waals surface area contributed by atoms with Crippen molar-refractivity contribution in [3.8, 4) is 11.4 Å². The predicted molar refractivity (Wildman–Crippen MR) is 89.2 cm³/mol. The Labute approximate surface area is 140 Å². The highest BCUT2D eigenvalue weighted by molar-refractivity contribution is 6.00. The van der Waals surface area contributed by atoms with Gasteiger partial charge in [0.2, 0.25) is 5.91 Å². The van der Waals surface area contributed by atoms with E-state index in [-0.39, 0.29) is 23.8 Å². The topological polar surface area (TPSA) is 69.3 Å². The third kappa shape index (κ3) is 2.38. The van der Waals surface area contributed by atoms with Crippen LogP contribution in [0.2, 0.25) is 0 Å². The van der Waals surface area contributed by atoms with Crippen molar-refractivity contribution in [2.45, 2.75) is 18.9 Å². The van der Waals surface area contributed by atoms with Crippen molar-refractivity contribution in [2.75, 3.05) is 20.1 Å². The maximum absolute atomic E-state index is 13.1. The molecule has 0 saturated carbocycles. The van der Waals surface area contributed by atoms with E-state index in [0.29, 0.717) is 30.9 Å². The van der Waals surface area contributed by atoms with Crippen LogP contribution in [0.1, 0.15) is 23.2 Å². The average molecular weight is 324 g/mol. The molecule has 4 rings (SSSR count). The van der Waals surface area contributed by atoms with Gasteiger partial charge in [0.1, 0.15) is 5.82 Å². The number of carbonyl (C=O) groups is 2. The molecule has 24 heavy (non-hydrogen) atoms. The number of nitrogens with zero attached hydrogens (tertiary/aromatic N) is 3. The molecule has 2 aromatic rings. The van der Waals surface area contributed by atoms with Crippen LogP contribution in [-0.4, -0.2) is 57.8 Å². The van der Waals surface area contributed by atoms with Crippen molar-refractivity contribution in [2.24, 2.45) is 5.92 Å². The van der Waals surface area contributed by atoms with Gasteiger partial charge >= 0.3 is 0 Å². The van der Waals surface area contributed by atoms with Gasteiger partial charge in [-0.2, -0.15) is 0 Å². The largest absolute Gasteiger partial charge is 0.345 e. The molecule has 0 spiro atoms. The molecule has 2 aliphatic heterocycles. The summed E-state index contributed by atoms with van der Waals surface area (Å²) >= 11 is 0. The third-order valence-corrected chi connectivity index (χ3v) is 5.22. The number of H-pyrrole nitrogens is 1. The van der Waals surface area contributed by atoms with Gasteiger partial charge in [0.05, 0.1) is 5.56 Å². The van der Waals surface area contributed by atoms with E-state index in [2.05, 4.69) is 9.97 Å². The van der Waals surface area contributed by atoms with Gasteiger partial charge in [-0.3, -0.25) is 9.59 Å². The molecule has 0 bridgehead atoms. The molecule has 0 radical (unpaired) electrons. The normalized spacial score (nSPS) is 23.5.